The summed E-state index contributed by atoms with van der Waals surface area (Å²) < 4.78 is 0. The lowest BCUT2D eigenvalue weighted by atomic mass is 10.0. The molecule has 0 rings (SSSR count). The van der Waals surface area contributed by atoms with Gasteiger partial charge in [0.05, 0.1) is 12.6 Å². The van der Waals surface area contributed by atoms with Crippen LogP contribution < -0.4 is 11.1 Å². The summed E-state index contributed by atoms with van der Waals surface area (Å²) in [7, 11) is 3.12. The van der Waals surface area contributed by atoms with Crippen molar-refractivity contribution in [1.29, 1.82) is 0 Å². The Morgan fingerprint density at radius 2 is 1.93 bits per heavy atom. The lowest BCUT2D eigenvalue weighted by molar-refractivity contribution is -0.135. The smallest absolute Gasteiger partial charge is 0.239 e. The molecule has 0 saturated carbocycles. The highest BCUT2D eigenvalue weighted by molar-refractivity contribution is 5.87. The summed E-state index contributed by atoms with van der Waals surface area (Å²) in [6.07, 6.45) is 0.636. The maximum atomic E-state index is 11.7. The third-order valence-electron chi connectivity index (χ3n) is 2.08. The first kappa shape index (κ1) is 13.9. The molecule has 0 aliphatic rings. The molecule has 0 heterocycles. The van der Waals surface area contributed by atoms with Gasteiger partial charge in [0, 0.05) is 14.1 Å². The normalized spacial score (nSPS) is 12.4. The molecule has 5 heteroatoms. The van der Waals surface area contributed by atoms with Crippen LogP contribution in [0.1, 0.15) is 20.3 Å². The summed E-state index contributed by atoms with van der Waals surface area (Å²) in [6.45, 7) is 4.07. The molecule has 0 aliphatic carbocycles. The summed E-state index contributed by atoms with van der Waals surface area (Å²) in [5, 5.41) is 2.46. The highest BCUT2D eigenvalue weighted by Gasteiger charge is 2.20. The van der Waals surface area contributed by atoms with E-state index in [0.29, 0.717) is 12.3 Å². The molecule has 0 bridgehead atoms. The van der Waals surface area contributed by atoms with Gasteiger partial charge in [-0.05, 0) is 12.3 Å². The first-order chi connectivity index (χ1) is 6.88. The third kappa shape index (κ3) is 5.37. The fourth-order valence-electron chi connectivity index (χ4n) is 1.26. The maximum Gasteiger partial charge on any atom is 0.239 e. The molecule has 0 spiro atoms. The molecule has 0 aliphatic heterocycles. The van der Waals surface area contributed by atoms with Gasteiger partial charge in [-0.3, -0.25) is 9.59 Å². The summed E-state index contributed by atoms with van der Waals surface area (Å²) in [5.74, 6) is -0.00718. The van der Waals surface area contributed by atoms with Crippen LogP contribution in [0.15, 0.2) is 0 Å². The lowest BCUT2D eigenvalue weighted by Crippen LogP contribution is -2.45. The molecule has 15 heavy (non-hydrogen) atoms. The molecule has 0 radical (unpaired) electrons. The number of amides is 2. The summed E-state index contributed by atoms with van der Waals surface area (Å²) >= 11 is 0. The molecule has 5 nitrogen and oxygen atoms in total. The summed E-state index contributed by atoms with van der Waals surface area (Å²) in [5.41, 5.74) is 5.71. The van der Waals surface area contributed by atoms with Crippen molar-refractivity contribution < 1.29 is 9.59 Å². The second-order valence-electron chi connectivity index (χ2n) is 4.10. The minimum absolute atomic E-state index is 0.0567. The van der Waals surface area contributed by atoms with Crippen LogP contribution >= 0.6 is 0 Å². The molecule has 2 amide bonds. The molecule has 3 N–H and O–H groups in total. The van der Waals surface area contributed by atoms with Crippen LogP contribution in [0.2, 0.25) is 0 Å². The predicted octanol–water partition coefficient (Wildman–Crippen LogP) is -0.436. The van der Waals surface area contributed by atoms with Gasteiger partial charge in [-0.25, -0.2) is 0 Å². The highest BCUT2D eigenvalue weighted by atomic mass is 16.2. The number of hydrogen-bond acceptors (Lipinski definition) is 3. The van der Waals surface area contributed by atoms with Crippen LogP contribution in [0, 0.1) is 5.92 Å². The van der Waals surface area contributed by atoms with Gasteiger partial charge >= 0.3 is 0 Å². The Kier molecular flexibility index (Phi) is 5.93. The van der Waals surface area contributed by atoms with E-state index in [9.17, 15) is 9.59 Å². The number of likely N-dealkylation sites (N-methyl/N-ethyl adjacent to an activating group) is 2. The van der Waals surface area contributed by atoms with E-state index in [4.69, 9.17) is 5.73 Å². The fourth-order valence-corrected chi connectivity index (χ4v) is 1.26. The molecule has 1 atom stereocenters. The van der Waals surface area contributed by atoms with Crippen molar-refractivity contribution in [1.82, 2.24) is 10.2 Å². The zero-order valence-electron chi connectivity index (χ0n) is 9.91. The van der Waals surface area contributed by atoms with Crippen LogP contribution in [-0.2, 0) is 9.59 Å². The van der Waals surface area contributed by atoms with E-state index in [1.54, 1.807) is 7.05 Å². The van der Waals surface area contributed by atoms with Crippen molar-refractivity contribution in [3.05, 3.63) is 0 Å². The van der Waals surface area contributed by atoms with E-state index in [1.807, 2.05) is 13.8 Å². The molecule has 0 aromatic rings. The highest BCUT2D eigenvalue weighted by Crippen LogP contribution is 2.04. The van der Waals surface area contributed by atoms with E-state index in [2.05, 4.69) is 5.32 Å². The molecule has 0 saturated heterocycles. The van der Waals surface area contributed by atoms with Gasteiger partial charge in [-0.2, -0.15) is 0 Å². The predicted molar refractivity (Wildman–Crippen MR) is 59.1 cm³/mol. The average Bonchev–Trinajstić information content (AvgIpc) is 2.15. The third-order valence-corrected chi connectivity index (χ3v) is 2.08. The van der Waals surface area contributed by atoms with Crippen molar-refractivity contribution in [3.63, 3.8) is 0 Å². The van der Waals surface area contributed by atoms with Gasteiger partial charge in [-0.15, -0.1) is 0 Å². The number of carbonyl (C=O) groups is 2. The second kappa shape index (κ2) is 6.40. The van der Waals surface area contributed by atoms with Gasteiger partial charge < -0.3 is 16.0 Å². The van der Waals surface area contributed by atoms with Crippen molar-refractivity contribution >= 4 is 11.8 Å². The zero-order valence-corrected chi connectivity index (χ0v) is 9.91. The number of nitrogens with one attached hydrogen (secondary N) is 1. The molecule has 0 fully saturated rings. The molecular formula is C10H21N3O2. The Morgan fingerprint density at radius 3 is 2.33 bits per heavy atom. The Morgan fingerprint density at radius 1 is 1.40 bits per heavy atom. The first-order valence-corrected chi connectivity index (χ1v) is 5.09. The minimum atomic E-state index is -0.514. The largest absolute Gasteiger partial charge is 0.358 e. The zero-order chi connectivity index (χ0) is 12.0. The van der Waals surface area contributed by atoms with Crippen LogP contribution in [0.5, 0.6) is 0 Å². The van der Waals surface area contributed by atoms with Crippen LogP contribution in [0.25, 0.3) is 0 Å². The second-order valence-corrected chi connectivity index (χ2v) is 4.10. The quantitative estimate of drug-likeness (QED) is 0.653. The van der Waals surface area contributed by atoms with Crippen molar-refractivity contribution in [3.8, 4) is 0 Å². The first-order valence-electron chi connectivity index (χ1n) is 5.09. The maximum absolute atomic E-state index is 11.7. The molecule has 88 valence electrons. The van der Waals surface area contributed by atoms with E-state index in [-0.39, 0.29) is 18.4 Å². The van der Waals surface area contributed by atoms with Gasteiger partial charge in [-0.1, -0.05) is 13.8 Å². The average molecular weight is 215 g/mol. The summed E-state index contributed by atoms with van der Waals surface area (Å²) in [4.78, 5) is 24.0. The molecular weight excluding hydrogens is 194 g/mol. The van der Waals surface area contributed by atoms with Gasteiger partial charge in [0.1, 0.15) is 0 Å². The van der Waals surface area contributed by atoms with E-state index >= 15 is 0 Å². The Labute approximate surface area is 91.0 Å². The minimum Gasteiger partial charge on any atom is -0.358 e. The Hall–Kier alpha value is -1.10. The van der Waals surface area contributed by atoms with Gasteiger partial charge in [0.25, 0.3) is 0 Å². The number of rotatable bonds is 5. The number of nitrogens with two attached hydrogens (primary N) is 1. The Balaban J connectivity index is 4.13. The van der Waals surface area contributed by atoms with Gasteiger partial charge in [0.15, 0.2) is 0 Å². The molecule has 0 aromatic heterocycles. The van der Waals surface area contributed by atoms with Crippen molar-refractivity contribution in [2.45, 2.75) is 26.3 Å². The standard InChI is InChI=1S/C10H21N3O2/c1-7(2)5-8(11)10(15)13(4)6-9(14)12-3/h7-8H,5-6,11H2,1-4H3,(H,12,14)/t8-/m0/s1. The Bertz CT molecular complexity index is 229. The summed E-state index contributed by atoms with van der Waals surface area (Å²) in [6, 6.07) is -0.514. The van der Waals surface area contributed by atoms with Crippen LogP contribution in [0.4, 0.5) is 0 Å². The van der Waals surface area contributed by atoms with Crippen LogP contribution in [-0.4, -0.2) is 43.4 Å². The lowest BCUT2D eigenvalue weighted by Gasteiger charge is -2.21. The van der Waals surface area contributed by atoms with Gasteiger partial charge in [0.2, 0.25) is 11.8 Å². The fraction of sp³-hybridized carbons (Fsp3) is 0.800. The topological polar surface area (TPSA) is 75.4 Å². The van der Waals surface area contributed by atoms with Crippen LogP contribution in [0.3, 0.4) is 0 Å². The molecule has 0 unspecified atom stereocenters. The van der Waals surface area contributed by atoms with Crippen molar-refractivity contribution in [2.75, 3.05) is 20.6 Å². The van der Waals surface area contributed by atoms with E-state index in [0.717, 1.165) is 0 Å². The van der Waals surface area contributed by atoms with E-state index < -0.39 is 6.04 Å². The number of hydrogen-bond donors (Lipinski definition) is 2. The number of carbonyl (C=O) groups excluding carboxylic acids is 2. The van der Waals surface area contributed by atoms with Crippen molar-refractivity contribution in [2.24, 2.45) is 11.7 Å². The molecule has 0 aromatic carbocycles. The van der Waals surface area contributed by atoms with E-state index in [1.165, 1.54) is 11.9 Å². The SMILES string of the molecule is CNC(=O)CN(C)C(=O)[C@@H](N)CC(C)C. The monoisotopic (exact) mass is 215 g/mol. The number of nitrogens with zero attached hydrogens (tertiary/aromatic N) is 1.